The van der Waals surface area contributed by atoms with E-state index < -0.39 is 0 Å². The lowest BCUT2D eigenvalue weighted by Crippen LogP contribution is -2.57. The fourth-order valence-corrected chi connectivity index (χ4v) is 4.50. The van der Waals surface area contributed by atoms with Crippen LogP contribution in [-0.4, -0.2) is 45.0 Å². The van der Waals surface area contributed by atoms with Crippen LogP contribution >= 0.6 is 12.2 Å². The van der Waals surface area contributed by atoms with Crippen molar-refractivity contribution in [3.05, 3.63) is 59.6 Å². The van der Waals surface area contributed by atoms with Gasteiger partial charge in [0.2, 0.25) is 0 Å². The van der Waals surface area contributed by atoms with Gasteiger partial charge in [0.1, 0.15) is 12.1 Å². The Morgan fingerprint density at radius 1 is 1.29 bits per heavy atom. The number of rotatable bonds is 4. The zero-order valence-corrected chi connectivity index (χ0v) is 16.9. The van der Waals surface area contributed by atoms with Gasteiger partial charge in [0, 0.05) is 31.6 Å². The third-order valence-corrected chi connectivity index (χ3v) is 6.15. The maximum absolute atomic E-state index is 8.96. The molecule has 2 aliphatic rings. The minimum Gasteiger partial charge on any atom is -0.357 e. The van der Waals surface area contributed by atoms with Crippen LogP contribution in [0.1, 0.15) is 35.2 Å². The second kappa shape index (κ2) is 7.33. The Labute approximate surface area is 171 Å². The van der Waals surface area contributed by atoms with Gasteiger partial charge in [-0.25, -0.2) is 9.97 Å². The Bertz CT molecular complexity index is 956. The average Bonchev–Trinajstić information content (AvgIpc) is 3.47. The number of nitriles is 1. The third kappa shape index (κ3) is 3.38. The molecule has 1 saturated heterocycles. The molecule has 0 amide bonds. The van der Waals surface area contributed by atoms with Crippen LogP contribution in [0.25, 0.3) is 6.08 Å². The number of thiocarbonyl (C=S) groups is 1. The van der Waals surface area contributed by atoms with Gasteiger partial charge in [-0.15, -0.1) is 0 Å². The largest absolute Gasteiger partial charge is 0.357 e. The quantitative estimate of drug-likeness (QED) is 0.746. The molecule has 6 heteroatoms. The van der Waals surface area contributed by atoms with Crippen molar-refractivity contribution < 1.29 is 0 Å². The molecule has 1 spiro atoms. The summed E-state index contributed by atoms with van der Waals surface area (Å²) in [6.45, 7) is 8.65. The second-order valence-electron chi connectivity index (χ2n) is 7.58. The highest BCUT2D eigenvalue weighted by Gasteiger charge is 2.52. The van der Waals surface area contributed by atoms with Gasteiger partial charge in [0.05, 0.1) is 27.9 Å². The molecule has 0 radical (unpaired) electrons. The number of hydrogen-bond donors (Lipinski definition) is 0. The van der Waals surface area contributed by atoms with Crippen LogP contribution in [-0.2, 0) is 6.42 Å². The molecular formula is C22H23N5S. The maximum atomic E-state index is 8.96. The molecule has 2 fully saturated rings. The summed E-state index contributed by atoms with van der Waals surface area (Å²) in [4.78, 5) is 14.6. The molecule has 1 aliphatic heterocycles. The van der Waals surface area contributed by atoms with Crippen LogP contribution in [0, 0.1) is 18.3 Å². The number of aryl methyl sites for hydroxylation is 1. The zero-order valence-electron chi connectivity index (χ0n) is 16.1. The van der Waals surface area contributed by atoms with E-state index in [1.54, 1.807) is 6.33 Å². The van der Waals surface area contributed by atoms with Crippen molar-refractivity contribution >= 4 is 29.1 Å². The number of hydrogen-bond acceptors (Lipinski definition) is 5. The lowest BCUT2D eigenvalue weighted by atomic mass is 10.1. The van der Waals surface area contributed by atoms with Crippen molar-refractivity contribution in [3.8, 4) is 6.07 Å². The Kier molecular flexibility index (Phi) is 4.86. The molecule has 1 saturated carbocycles. The molecule has 0 unspecified atom stereocenters. The standard InChI is InChI=1S/C22H23N5S/c1-3-19-16(2)24-15-25-21(19)26-10-11-27(22(14-26)8-9-22)20(28)12-17-4-6-18(13-23)7-5-17/h3-7,15H,1,8-12,14H2,2H3. The van der Waals surface area contributed by atoms with E-state index >= 15 is 0 Å². The zero-order chi connectivity index (χ0) is 19.7. The van der Waals surface area contributed by atoms with E-state index in [-0.39, 0.29) is 5.54 Å². The summed E-state index contributed by atoms with van der Waals surface area (Å²) in [6.07, 6.45) is 6.55. The van der Waals surface area contributed by atoms with Crippen LogP contribution < -0.4 is 4.90 Å². The summed E-state index contributed by atoms with van der Waals surface area (Å²) < 4.78 is 0. The topological polar surface area (TPSA) is 56.1 Å². The lowest BCUT2D eigenvalue weighted by Gasteiger charge is -2.44. The molecule has 0 N–H and O–H groups in total. The predicted molar refractivity (Wildman–Crippen MR) is 115 cm³/mol. The maximum Gasteiger partial charge on any atom is 0.139 e. The first-order chi connectivity index (χ1) is 13.6. The fourth-order valence-electron chi connectivity index (χ4n) is 4.05. The van der Waals surface area contributed by atoms with E-state index in [1.807, 2.05) is 37.3 Å². The van der Waals surface area contributed by atoms with Gasteiger partial charge in [0.15, 0.2) is 0 Å². The second-order valence-corrected chi connectivity index (χ2v) is 8.05. The van der Waals surface area contributed by atoms with Gasteiger partial charge in [-0.1, -0.05) is 37.0 Å². The number of aromatic nitrogens is 2. The summed E-state index contributed by atoms with van der Waals surface area (Å²) in [6, 6.07) is 9.88. The molecule has 1 aliphatic carbocycles. The van der Waals surface area contributed by atoms with Crippen molar-refractivity contribution in [2.45, 2.75) is 31.7 Å². The minimum absolute atomic E-state index is 0.124. The van der Waals surface area contributed by atoms with Crippen LogP contribution in [0.4, 0.5) is 5.82 Å². The van der Waals surface area contributed by atoms with Crippen molar-refractivity contribution in [2.24, 2.45) is 0 Å². The summed E-state index contributed by atoms with van der Waals surface area (Å²) in [5.41, 5.74) is 3.94. The average molecular weight is 390 g/mol. The van der Waals surface area contributed by atoms with Crippen LogP contribution in [0.15, 0.2) is 37.2 Å². The first kappa shape index (κ1) is 18.6. The van der Waals surface area contributed by atoms with Gasteiger partial charge in [-0.05, 0) is 37.5 Å². The molecular weight excluding hydrogens is 366 g/mol. The van der Waals surface area contributed by atoms with Gasteiger partial charge >= 0.3 is 0 Å². The first-order valence-corrected chi connectivity index (χ1v) is 9.96. The monoisotopic (exact) mass is 389 g/mol. The Morgan fingerprint density at radius 3 is 2.68 bits per heavy atom. The summed E-state index contributed by atoms with van der Waals surface area (Å²) in [5.74, 6) is 0.978. The van der Waals surface area contributed by atoms with Crippen molar-refractivity contribution in [3.63, 3.8) is 0 Å². The van der Waals surface area contributed by atoms with Gasteiger partial charge in [-0.2, -0.15) is 5.26 Å². The van der Waals surface area contributed by atoms with E-state index in [0.29, 0.717) is 5.56 Å². The van der Waals surface area contributed by atoms with Crippen molar-refractivity contribution in [1.29, 1.82) is 5.26 Å². The molecule has 4 rings (SSSR count). The van der Waals surface area contributed by atoms with E-state index in [9.17, 15) is 0 Å². The summed E-state index contributed by atoms with van der Waals surface area (Å²) in [7, 11) is 0. The van der Waals surface area contributed by atoms with E-state index in [2.05, 4.69) is 32.4 Å². The van der Waals surface area contributed by atoms with Crippen LogP contribution in [0.5, 0.6) is 0 Å². The minimum atomic E-state index is 0.124. The van der Waals surface area contributed by atoms with Gasteiger partial charge in [0.25, 0.3) is 0 Å². The normalized spacial score (nSPS) is 17.3. The molecule has 5 nitrogen and oxygen atoms in total. The first-order valence-electron chi connectivity index (χ1n) is 9.55. The van der Waals surface area contributed by atoms with Crippen LogP contribution in [0.2, 0.25) is 0 Å². The highest BCUT2D eigenvalue weighted by Crippen LogP contribution is 2.45. The highest BCUT2D eigenvalue weighted by atomic mass is 32.1. The molecule has 2 aromatic rings. The molecule has 2 heterocycles. The van der Waals surface area contributed by atoms with Gasteiger partial charge < -0.3 is 9.80 Å². The molecule has 0 bridgehead atoms. The molecule has 1 aromatic heterocycles. The molecule has 1 aromatic carbocycles. The summed E-state index contributed by atoms with van der Waals surface area (Å²) >= 11 is 5.83. The molecule has 0 atom stereocenters. The van der Waals surface area contributed by atoms with Crippen molar-refractivity contribution in [2.75, 3.05) is 24.5 Å². The van der Waals surface area contributed by atoms with E-state index in [4.69, 9.17) is 17.5 Å². The van der Waals surface area contributed by atoms with Crippen molar-refractivity contribution in [1.82, 2.24) is 14.9 Å². The number of anilines is 1. The Hall–Kier alpha value is -2.78. The van der Waals surface area contributed by atoms with Crippen LogP contribution in [0.3, 0.4) is 0 Å². The molecule has 28 heavy (non-hydrogen) atoms. The third-order valence-electron chi connectivity index (χ3n) is 5.78. The van der Waals surface area contributed by atoms with E-state index in [0.717, 1.165) is 66.5 Å². The Balaban J connectivity index is 1.49. The van der Waals surface area contributed by atoms with Gasteiger partial charge in [-0.3, -0.25) is 0 Å². The number of benzene rings is 1. The number of nitrogens with zero attached hydrogens (tertiary/aromatic N) is 5. The Morgan fingerprint density at radius 2 is 2.04 bits per heavy atom. The smallest absolute Gasteiger partial charge is 0.139 e. The SMILES string of the molecule is C=Cc1c(C)ncnc1N1CCN(C(=S)Cc2ccc(C#N)cc2)C2(CC2)C1. The number of piperazine rings is 1. The lowest BCUT2D eigenvalue weighted by molar-refractivity contribution is 0.260. The summed E-state index contributed by atoms with van der Waals surface area (Å²) in [5, 5.41) is 8.96. The highest BCUT2D eigenvalue weighted by molar-refractivity contribution is 7.80. The predicted octanol–water partition coefficient (Wildman–Crippen LogP) is 3.52. The molecule has 142 valence electrons. The fraction of sp³-hybridized carbons (Fsp3) is 0.364. The van der Waals surface area contributed by atoms with E-state index in [1.165, 1.54) is 0 Å².